The van der Waals surface area contributed by atoms with E-state index in [0.29, 0.717) is 6.54 Å². The highest BCUT2D eigenvalue weighted by Crippen LogP contribution is 2.32. The van der Waals surface area contributed by atoms with Crippen LogP contribution in [-0.4, -0.2) is 86.7 Å². The van der Waals surface area contributed by atoms with E-state index in [1.807, 2.05) is 0 Å². The van der Waals surface area contributed by atoms with Gasteiger partial charge in [-0.25, -0.2) is 18.4 Å². The van der Waals surface area contributed by atoms with Crippen LogP contribution in [0.4, 0.5) is 18.6 Å². The number of piperazine rings is 1. The number of ether oxygens (including phenoxy) is 3. The van der Waals surface area contributed by atoms with Gasteiger partial charge in [-0.05, 0) is 43.7 Å². The molecule has 3 rings (SSSR count). The molecule has 0 atom stereocenters. The molecule has 0 aliphatic carbocycles. The van der Waals surface area contributed by atoms with E-state index < -0.39 is 30.2 Å². The summed E-state index contributed by atoms with van der Waals surface area (Å²) in [5.41, 5.74) is -0.533. The van der Waals surface area contributed by atoms with Gasteiger partial charge < -0.3 is 29.3 Å². The number of esters is 1. The number of anilines is 1. The molecule has 0 saturated carbocycles. The van der Waals surface area contributed by atoms with Crippen LogP contribution < -0.4 is 20.1 Å². The van der Waals surface area contributed by atoms with Crippen LogP contribution in [0.3, 0.4) is 0 Å². The molecule has 1 aliphatic heterocycles. The molecule has 1 aliphatic rings. The van der Waals surface area contributed by atoms with E-state index >= 15 is 0 Å². The van der Waals surface area contributed by atoms with Crippen molar-refractivity contribution in [3.05, 3.63) is 34.9 Å². The van der Waals surface area contributed by atoms with Gasteiger partial charge in [0.05, 0.1) is 19.8 Å². The quantitative estimate of drug-likeness (QED) is 0.369. The smallest absolute Gasteiger partial charge is 0.346 e. The van der Waals surface area contributed by atoms with Gasteiger partial charge in [-0.3, -0.25) is 5.32 Å². The molecule has 2 aromatic rings. The first kappa shape index (κ1) is 26.6. The molecule has 0 unspecified atom stereocenters. The summed E-state index contributed by atoms with van der Waals surface area (Å²) in [7, 11) is 4.51. The van der Waals surface area contributed by atoms with Crippen molar-refractivity contribution in [3.63, 3.8) is 0 Å². The number of benzene rings is 1. The molecule has 0 radical (unpaired) electrons. The summed E-state index contributed by atoms with van der Waals surface area (Å²) in [5, 5.41) is 5.40. The van der Waals surface area contributed by atoms with Crippen molar-refractivity contribution in [1.29, 1.82) is 0 Å². The Labute approximate surface area is 206 Å². The number of nitrogens with zero attached hydrogens (tertiary/aromatic N) is 3. The molecule has 1 aromatic heterocycles. The number of hydrogen-bond acceptors (Lipinski definition) is 9. The highest BCUT2D eigenvalue weighted by molar-refractivity contribution is 7.11. The van der Waals surface area contributed by atoms with Crippen molar-refractivity contribution >= 4 is 28.5 Å². The Bertz CT molecular complexity index is 1030. The lowest BCUT2D eigenvalue weighted by Gasteiger charge is -2.32. The van der Waals surface area contributed by atoms with Gasteiger partial charge in [0.1, 0.15) is 17.4 Å². The number of methoxy groups -OCH3 is 2. The van der Waals surface area contributed by atoms with Crippen LogP contribution in [0.15, 0.2) is 12.1 Å². The van der Waals surface area contributed by atoms with Crippen LogP contribution in [0, 0.1) is 11.6 Å². The first-order valence-electron chi connectivity index (χ1n) is 11.0. The lowest BCUT2D eigenvalue weighted by Crippen LogP contribution is -2.45. The zero-order valence-electron chi connectivity index (χ0n) is 19.9. The number of carbonyl (C=O) groups excluding carboxylic acids is 2. The maximum atomic E-state index is 14.4. The Morgan fingerprint density at radius 1 is 1.17 bits per heavy atom. The molecule has 2 heterocycles. The van der Waals surface area contributed by atoms with Crippen LogP contribution in [0.25, 0.3) is 0 Å². The predicted molar refractivity (Wildman–Crippen MR) is 126 cm³/mol. The van der Waals surface area contributed by atoms with Crippen LogP contribution >= 0.6 is 11.5 Å². The maximum absolute atomic E-state index is 14.4. The number of nitrogens with one attached hydrogen (secondary N) is 2. The van der Waals surface area contributed by atoms with Crippen LogP contribution in [0.2, 0.25) is 0 Å². The monoisotopic (exact) mass is 513 g/mol. The average molecular weight is 514 g/mol. The fourth-order valence-electron chi connectivity index (χ4n) is 3.47. The molecule has 192 valence electrons. The standard InChI is InChI=1S/C22H29F2N5O5S/c1-28-9-11-29(12-10-28)8-4-7-25-22(31)26-20-17(21(30)33-3)19(27-35-20)34-13-14-15(23)5-6-16(32-2)18(14)24/h5-6H,4,7-13H2,1-3H3,(H2,25,26,31). The van der Waals surface area contributed by atoms with Gasteiger partial charge in [-0.2, -0.15) is 4.37 Å². The van der Waals surface area contributed by atoms with Gasteiger partial charge in [-0.1, -0.05) is 0 Å². The second-order valence-corrected chi connectivity index (χ2v) is 8.67. The van der Waals surface area contributed by atoms with Crippen molar-refractivity contribution in [2.45, 2.75) is 13.0 Å². The summed E-state index contributed by atoms with van der Waals surface area (Å²) in [6.07, 6.45) is 0.774. The number of hydrogen-bond donors (Lipinski definition) is 2. The summed E-state index contributed by atoms with van der Waals surface area (Å²) in [6, 6.07) is 1.68. The Morgan fingerprint density at radius 3 is 2.60 bits per heavy atom. The van der Waals surface area contributed by atoms with Crippen molar-refractivity contribution in [2.75, 3.05) is 65.9 Å². The highest BCUT2D eigenvalue weighted by atomic mass is 32.1. The summed E-state index contributed by atoms with van der Waals surface area (Å²) < 4.78 is 47.6. The Morgan fingerprint density at radius 2 is 1.91 bits per heavy atom. The highest BCUT2D eigenvalue weighted by Gasteiger charge is 2.26. The van der Waals surface area contributed by atoms with Crippen LogP contribution in [0.5, 0.6) is 11.6 Å². The second kappa shape index (κ2) is 12.6. The summed E-state index contributed by atoms with van der Waals surface area (Å²) >= 11 is 0.789. The molecule has 1 fully saturated rings. The van der Waals surface area contributed by atoms with Gasteiger partial charge in [0.2, 0.25) is 5.88 Å². The number of halogens is 2. The van der Waals surface area contributed by atoms with Gasteiger partial charge in [0.25, 0.3) is 0 Å². The zero-order valence-corrected chi connectivity index (χ0v) is 20.7. The first-order valence-corrected chi connectivity index (χ1v) is 11.8. The van der Waals surface area contributed by atoms with E-state index in [9.17, 15) is 18.4 Å². The third-order valence-electron chi connectivity index (χ3n) is 5.53. The summed E-state index contributed by atoms with van der Waals surface area (Å²) in [5.74, 6) is -2.94. The number of aromatic nitrogens is 1. The number of carbonyl (C=O) groups is 2. The molecule has 0 bridgehead atoms. The lowest BCUT2D eigenvalue weighted by molar-refractivity contribution is 0.0596. The van der Waals surface area contributed by atoms with E-state index in [-0.39, 0.29) is 27.8 Å². The molecule has 2 N–H and O–H groups in total. The Balaban J connectivity index is 1.58. The minimum absolute atomic E-state index is 0.0926. The largest absolute Gasteiger partial charge is 0.494 e. The summed E-state index contributed by atoms with van der Waals surface area (Å²) in [6.45, 7) is 4.81. The van der Waals surface area contributed by atoms with E-state index in [2.05, 4.69) is 31.9 Å². The van der Waals surface area contributed by atoms with Gasteiger partial charge >= 0.3 is 12.0 Å². The molecular weight excluding hydrogens is 484 g/mol. The Hall–Kier alpha value is -3.03. The van der Waals surface area contributed by atoms with Crippen molar-refractivity contribution in [2.24, 2.45) is 0 Å². The van der Waals surface area contributed by atoms with Crippen LogP contribution in [0.1, 0.15) is 22.3 Å². The fourth-order valence-corrected chi connectivity index (χ4v) is 4.19. The fraction of sp³-hybridized carbons (Fsp3) is 0.500. The third-order valence-corrected chi connectivity index (χ3v) is 6.28. The van der Waals surface area contributed by atoms with E-state index in [1.165, 1.54) is 7.11 Å². The lowest BCUT2D eigenvalue weighted by atomic mass is 10.2. The molecule has 35 heavy (non-hydrogen) atoms. The molecular formula is C22H29F2N5O5S. The molecule has 1 saturated heterocycles. The van der Waals surface area contributed by atoms with E-state index in [1.54, 1.807) is 0 Å². The number of amides is 2. The van der Waals surface area contributed by atoms with Gasteiger partial charge in [0, 0.05) is 32.7 Å². The SMILES string of the molecule is COC(=O)c1c(OCc2c(F)ccc(OC)c2F)nsc1NC(=O)NCCCN1CCN(C)CC1. The van der Waals surface area contributed by atoms with Crippen molar-refractivity contribution in [1.82, 2.24) is 19.5 Å². The summed E-state index contributed by atoms with van der Waals surface area (Å²) in [4.78, 5) is 29.3. The number of rotatable bonds is 10. The van der Waals surface area contributed by atoms with Crippen LogP contribution in [-0.2, 0) is 11.3 Å². The first-order chi connectivity index (χ1) is 16.8. The molecule has 13 heteroatoms. The molecule has 1 aromatic carbocycles. The number of likely N-dealkylation sites (N-methyl/N-ethyl adjacent to an activating group) is 1. The van der Waals surface area contributed by atoms with Gasteiger partial charge in [-0.15, -0.1) is 0 Å². The third kappa shape index (κ3) is 6.99. The van der Waals surface area contributed by atoms with Crippen molar-refractivity contribution in [3.8, 4) is 11.6 Å². The molecule has 0 spiro atoms. The van der Waals surface area contributed by atoms with Crippen molar-refractivity contribution < 1.29 is 32.6 Å². The maximum Gasteiger partial charge on any atom is 0.346 e. The van der Waals surface area contributed by atoms with E-state index in [4.69, 9.17) is 14.2 Å². The number of urea groups is 1. The minimum Gasteiger partial charge on any atom is -0.494 e. The normalized spacial score (nSPS) is 14.4. The van der Waals surface area contributed by atoms with Gasteiger partial charge in [0.15, 0.2) is 17.1 Å². The van der Waals surface area contributed by atoms with E-state index in [0.717, 1.165) is 69.9 Å². The topological polar surface area (TPSA) is 105 Å². The molecule has 2 amide bonds. The Kier molecular flexibility index (Phi) is 9.57. The predicted octanol–water partition coefficient (Wildman–Crippen LogP) is 2.55. The average Bonchev–Trinajstić information content (AvgIpc) is 3.24. The zero-order chi connectivity index (χ0) is 25.4. The second-order valence-electron chi connectivity index (χ2n) is 7.89. The molecule has 10 nitrogen and oxygen atoms in total. The minimum atomic E-state index is -0.920.